The van der Waals surface area contributed by atoms with Gasteiger partial charge in [0.25, 0.3) is 5.91 Å². The fourth-order valence-electron chi connectivity index (χ4n) is 3.19. The number of hydrogen-bond acceptors (Lipinski definition) is 4. The highest BCUT2D eigenvalue weighted by Crippen LogP contribution is 2.29. The first-order chi connectivity index (χ1) is 12.6. The van der Waals surface area contributed by atoms with E-state index in [0.29, 0.717) is 5.56 Å². The molecule has 1 aliphatic carbocycles. The third kappa shape index (κ3) is 3.92. The van der Waals surface area contributed by atoms with Gasteiger partial charge in [0.05, 0.1) is 23.2 Å². The van der Waals surface area contributed by atoms with Gasteiger partial charge in [-0.25, -0.2) is 4.79 Å². The summed E-state index contributed by atoms with van der Waals surface area (Å²) in [5.41, 5.74) is 3.01. The number of nitrogens with zero attached hydrogens (tertiary/aromatic N) is 1. The van der Waals surface area contributed by atoms with Crippen molar-refractivity contribution in [1.82, 2.24) is 5.32 Å². The minimum Gasteiger partial charge on any atom is -0.449 e. The molecule has 0 saturated carbocycles. The van der Waals surface area contributed by atoms with Crippen LogP contribution in [-0.2, 0) is 16.0 Å². The Hall–Kier alpha value is -3.13. The lowest BCUT2D eigenvalue weighted by molar-refractivity contribution is -0.130. The third-order valence-electron chi connectivity index (χ3n) is 4.57. The van der Waals surface area contributed by atoms with Gasteiger partial charge >= 0.3 is 5.97 Å². The first kappa shape index (κ1) is 17.7. The zero-order valence-corrected chi connectivity index (χ0v) is 14.6. The van der Waals surface area contributed by atoms with E-state index >= 15 is 0 Å². The molecule has 0 aliphatic heterocycles. The van der Waals surface area contributed by atoms with E-state index in [-0.39, 0.29) is 17.5 Å². The fraction of sp³-hybridized carbons (Fsp3) is 0.286. The van der Waals surface area contributed by atoms with Crippen LogP contribution in [0.3, 0.4) is 0 Å². The van der Waals surface area contributed by atoms with Crippen molar-refractivity contribution in [2.75, 3.05) is 0 Å². The summed E-state index contributed by atoms with van der Waals surface area (Å²) in [5.74, 6) is -0.940. The van der Waals surface area contributed by atoms with E-state index in [1.54, 1.807) is 25.1 Å². The van der Waals surface area contributed by atoms with E-state index in [9.17, 15) is 9.59 Å². The summed E-state index contributed by atoms with van der Waals surface area (Å²) in [6.07, 6.45) is 1.98. The summed E-state index contributed by atoms with van der Waals surface area (Å²) in [6.45, 7) is 1.55. The molecule has 0 saturated heterocycles. The van der Waals surface area contributed by atoms with Crippen LogP contribution in [0.4, 0.5) is 0 Å². The number of esters is 1. The van der Waals surface area contributed by atoms with Gasteiger partial charge < -0.3 is 10.1 Å². The number of benzene rings is 2. The summed E-state index contributed by atoms with van der Waals surface area (Å²) in [7, 11) is 0. The van der Waals surface area contributed by atoms with Crippen molar-refractivity contribution in [3.05, 3.63) is 70.8 Å². The molecule has 2 aromatic rings. The van der Waals surface area contributed by atoms with Crippen LogP contribution in [0.25, 0.3) is 0 Å². The molecule has 132 valence electrons. The summed E-state index contributed by atoms with van der Waals surface area (Å²) < 4.78 is 5.27. The number of carbonyl (C=O) groups is 2. The molecule has 1 N–H and O–H groups in total. The first-order valence-electron chi connectivity index (χ1n) is 8.68. The van der Waals surface area contributed by atoms with Crippen molar-refractivity contribution in [3.63, 3.8) is 0 Å². The maximum atomic E-state index is 12.5. The Balaban J connectivity index is 1.63. The molecule has 0 heterocycles. The molecule has 0 unspecified atom stereocenters. The Labute approximate surface area is 152 Å². The minimum atomic E-state index is -0.915. The molecule has 1 aliphatic rings. The van der Waals surface area contributed by atoms with Crippen LogP contribution in [0.2, 0.25) is 0 Å². The summed E-state index contributed by atoms with van der Waals surface area (Å²) >= 11 is 0. The van der Waals surface area contributed by atoms with Gasteiger partial charge in [-0.1, -0.05) is 30.3 Å². The SMILES string of the molecule is C[C@H](OC(=O)c1cccc(C#N)c1)C(=O)N[C@@H]1CCCc2ccccc21. The summed E-state index contributed by atoms with van der Waals surface area (Å²) in [4.78, 5) is 24.7. The van der Waals surface area contributed by atoms with Gasteiger partial charge in [0.15, 0.2) is 6.10 Å². The van der Waals surface area contributed by atoms with Crippen molar-refractivity contribution in [3.8, 4) is 6.07 Å². The normalized spacial score (nSPS) is 16.7. The second kappa shape index (κ2) is 7.83. The van der Waals surface area contributed by atoms with Crippen LogP contribution in [0.15, 0.2) is 48.5 Å². The molecule has 2 atom stereocenters. The molecule has 0 bridgehead atoms. The highest BCUT2D eigenvalue weighted by molar-refractivity contribution is 5.92. The van der Waals surface area contributed by atoms with Crippen LogP contribution in [0, 0.1) is 11.3 Å². The Morgan fingerprint density at radius 1 is 1.23 bits per heavy atom. The molecule has 5 nitrogen and oxygen atoms in total. The number of nitriles is 1. The van der Waals surface area contributed by atoms with Gasteiger partial charge in [-0.2, -0.15) is 5.26 Å². The fourth-order valence-corrected chi connectivity index (χ4v) is 3.19. The zero-order chi connectivity index (χ0) is 18.5. The van der Waals surface area contributed by atoms with Crippen molar-refractivity contribution in [2.45, 2.75) is 38.3 Å². The maximum Gasteiger partial charge on any atom is 0.338 e. The van der Waals surface area contributed by atoms with Gasteiger partial charge in [-0.05, 0) is 55.5 Å². The number of ether oxygens (including phenoxy) is 1. The number of amides is 1. The van der Waals surface area contributed by atoms with E-state index in [2.05, 4.69) is 11.4 Å². The first-order valence-corrected chi connectivity index (χ1v) is 8.68. The molecule has 5 heteroatoms. The second-order valence-electron chi connectivity index (χ2n) is 6.39. The van der Waals surface area contributed by atoms with Crippen molar-refractivity contribution >= 4 is 11.9 Å². The van der Waals surface area contributed by atoms with Crippen LogP contribution in [0.5, 0.6) is 0 Å². The lowest BCUT2D eigenvalue weighted by Crippen LogP contribution is -2.39. The molecule has 1 amide bonds. The molecule has 0 spiro atoms. The van der Waals surface area contributed by atoms with Gasteiger partial charge in [-0.3, -0.25) is 4.79 Å². The minimum absolute atomic E-state index is 0.0597. The molecule has 2 aromatic carbocycles. The van der Waals surface area contributed by atoms with Crippen LogP contribution >= 0.6 is 0 Å². The molecule has 0 fully saturated rings. The predicted octanol–water partition coefficient (Wildman–Crippen LogP) is 3.30. The molecule has 26 heavy (non-hydrogen) atoms. The zero-order valence-electron chi connectivity index (χ0n) is 14.6. The highest BCUT2D eigenvalue weighted by atomic mass is 16.5. The Morgan fingerprint density at radius 3 is 2.85 bits per heavy atom. The maximum absolute atomic E-state index is 12.5. The van der Waals surface area contributed by atoms with Crippen molar-refractivity contribution < 1.29 is 14.3 Å². The number of nitrogens with one attached hydrogen (secondary N) is 1. The smallest absolute Gasteiger partial charge is 0.338 e. The second-order valence-corrected chi connectivity index (χ2v) is 6.39. The number of rotatable bonds is 4. The van der Waals surface area contributed by atoms with E-state index < -0.39 is 12.1 Å². The lowest BCUT2D eigenvalue weighted by atomic mass is 9.87. The summed E-state index contributed by atoms with van der Waals surface area (Å²) in [6, 6.07) is 16.2. The van der Waals surface area contributed by atoms with E-state index in [4.69, 9.17) is 10.00 Å². The number of carbonyl (C=O) groups excluding carboxylic acids is 2. The Kier molecular flexibility index (Phi) is 5.33. The van der Waals surface area contributed by atoms with Crippen molar-refractivity contribution in [2.24, 2.45) is 0 Å². The van der Waals surface area contributed by atoms with E-state index in [1.165, 1.54) is 11.6 Å². The van der Waals surface area contributed by atoms with E-state index in [0.717, 1.165) is 24.8 Å². The van der Waals surface area contributed by atoms with Gasteiger partial charge in [0, 0.05) is 0 Å². The predicted molar refractivity (Wildman–Crippen MR) is 96.3 cm³/mol. The topological polar surface area (TPSA) is 79.2 Å². The Bertz CT molecular complexity index is 870. The van der Waals surface area contributed by atoms with Gasteiger partial charge in [0.2, 0.25) is 0 Å². The largest absolute Gasteiger partial charge is 0.449 e. The summed E-state index contributed by atoms with van der Waals surface area (Å²) in [5, 5.41) is 11.9. The molecule has 0 aromatic heterocycles. The molecular weight excluding hydrogens is 328 g/mol. The standard InChI is InChI=1S/C21H20N2O3/c1-14(26-21(25)17-9-4-6-15(12-17)13-22)20(24)23-19-11-5-8-16-7-2-3-10-18(16)19/h2-4,6-7,9-10,12,14,19H,5,8,11H2,1H3,(H,23,24)/t14-,19+/m0/s1. The molecular formula is C21H20N2O3. The van der Waals surface area contributed by atoms with Crippen LogP contribution in [-0.4, -0.2) is 18.0 Å². The highest BCUT2D eigenvalue weighted by Gasteiger charge is 2.25. The van der Waals surface area contributed by atoms with Crippen LogP contribution < -0.4 is 5.32 Å². The average Bonchev–Trinajstić information content (AvgIpc) is 2.68. The lowest BCUT2D eigenvalue weighted by Gasteiger charge is -2.27. The molecule has 0 radical (unpaired) electrons. The van der Waals surface area contributed by atoms with Gasteiger partial charge in [0.1, 0.15) is 0 Å². The Morgan fingerprint density at radius 2 is 2.04 bits per heavy atom. The van der Waals surface area contributed by atoms with Crippen molar-refractivity contribution in [1.29, 1.82) is 5.26 Å². The number of hydrogen-bond donors (Lipinski definition) is 1. The monoisotopic (exact) mass is 348 g/mol. The number of fused-ring (bicyclic) bond motifs is 1. The van der Waals surface area contributed by atoms with Crippen LogP contribution in [0.1, 0.15) is 52.9 Å². The third-order valence-corrected chi connectivity index (χ3v) is 4.57. The molecule has 3 rings (SSSR count). The average molecular weight is 348 g/mol. The van der Waals surface area contributed by atoms with E-state index in [1.807, 2.05) is 24.3 Å². The van der Waals surface area contributed by atoms with Gasteiger partial charge in [-0.15, -0.1) is 0 Å². The quantitative estimate of drug-likeness (QED) is 0.860. The number of aryl methyl sites for hydroxylation is 1.